The number of aromatic hydroxyl groups is 2. The number of nitrogens with two attached hydrogens (primary N) is 1. The van der Waals surface area contributed by atoms with Gasteiger partial charge in [-0.3, -0.25) is 19.2 Å². The van der Waals surface area contributed by atoms with Gasteiger partial charge in [0.05, 0.1) is 31.7 Å². The Bertz CT molecular complexity index is 1040. The van der Waals surface area contributed by atoms with Crippen molar-refractivity contribution in [1.82, 2.24) is 0 Å². The van der Waals surface area contributed by atoms with Gasteiger partial charge in [0.1, 0.15) is 17.3 Å². The molecule has 0 aliphatic rings. The molecule has 0 bridgehead atoms. The highest BCUT2D eigenvalue weighted by atomic mass is 35.5. The molecule has 4 N–H and O–H groups in total. The van der Waals surface area contributed by atoms with E-state index in [9.17, 15) is 24.3 Å². The molecule has 0 atom stereocenters. The van der Waals surface area contributed by atoms with E-state index < -0.39 is 5.24 Å². The van der Waals surface area contributed by atoms with E-state index in [0.717, 1.165) is 11.1 Å². The van der Waals surface area contributed by atoms with Crippen LogP contribution in [0.5, 0.6) is 11.5 Å². The van der Waals surface area contributed by atoms with Crippen LogP contribution in [0.1, 0.15) is 63.6 Å². The van der Waals surface area contributed by atoms with Crippen LogP contribution in [-0.4, -0.2) is 46.4 Å². The average molecular weight is 554 g/mol. The molecular weight excluding hydrogens is 514 g/mol. The van der Waals surface area contributed by atoms with Gasteiger partial charge in [0, 0.05) is 24.8 Å². The molecule has 0 aromatic heterocycles. The Morgan fingerprint density at radius 2 is 1.26 bits per heavy atom. The summed E-state index contributed by atoms with van der Waals surface area (Å²) < 4.78 is 9.29. The largest absolute Gasteiger partial charge is 0.508 e. The number of phenols is 2. The van der Waals surface area contributed by atoms with E-state index in [4.69, 9.17) is 27.2 Å². The van der Waals surface area contributed by atoms with Crippen molar-refractivity contribution in [3.63, 3.8) is 0 Å². The van der Waals surface area contributed by atoms with Crippen LogP contribution in [-0.2, 0) is 35.1 Å². The molecule has 0 saturated carbocycles. The Balaban J connectivity index is 0. The van der Waals surface area contributed by atoms with Crippen LogP contribution in [0, 0.1) is 13.8 Å². The monoisotopic (exact) mass is 553 g/mol. The number of benzene rings is 2. The number of carbonyl (C=O) groups is 4. The molecule has 0 saturated heterocycles. The Hall–Kier alpha value is -3.59. The van der Waals surface area contributed by atoms with E-state index in [0.29, 0.717) is 24.5 Å². The molecule has 2 rings (SSSR count). The van der Waals surface area contributed by atoms with Crippen LogP contribution in [0.2, 0.25) is 0 Å². The van der Waals surface area contributed by atoms with Gasteiger partial charge < -0.3 is 25.4 Å². The van der Waals surface area contributed by atoms with E-state index in [-0.39, 0.29) is 68.8 Å². The van der Waals surface area contributed by atoms with Gasteiger partial charge in [0.25, 0.3) is 0 Å². The summed E-state index contributed by atoms with van der Waals surface area (Å²) >= 11 is 4.98. The molecule has 10 heteroatoms. The van der Waals surface area contributed by atoms with Gasteiger partial charge in [-0.25, -0.2) is 0 Å². The Morgan fingerprint density at radius 1 is 0.789 bits per heavy atom. The fourth-order valence-corrected chi connectivity index (χ4v) is 2.83. The number of rotatable bonds is 10. The summed E-state index contributed by atoms with van der Waals surface area (Å²) in [5, 5.41) is 18.0. The third kappa shape index (κ3) is 17.8. The lowest BCUT2D eigenvalue weighted by Crippen LogP contribution is -2.09. The number of Topliss-reactive ketones (excluding diaryl/α,β-unsaturated/α-hetero) is 1. The number of aryl methyl sites for hydroxylation is 2. The van der Waals surface area contributed by atoms with Crippen LogP contribution in [0.4, 0.5) is 5.69 Å². The van der Waals surface area contributed by atoms with Crippen molar-refractivity contribution in [1.29, 1.82) is 0 Å². The normalized spacial score (nSPS) is 9.39. The lowest BCUT2D eigenvalue weighted by Gasteiger charge is -2.05. The van der Waals surface area contributed by atoms with Crippen molar-refractivity contribution in [3.8, 4) is 11.5 Å². The molecule has 2 aromatic rings. The molecule has 0 aliphatic heterocycles. The average Bonchev–Trinajstić information content (AvgIpc) is 2.82. The van der Waals surface area contributed by atoms with Crippen molar-refractivity contribution < 1.29 is 38.9 Å². The van der Waals surface area contributed by atoms with Gasteiger partial charge in [0.2, 0.25) is 5.24 Å². The Kier molecular flexibility index (Phi) is 19.7. The summed E-state index contributed by atoms with van der Waals surface area (Å²) in [6, 6.07) is 10.3. The molecule has 2 aromatic carbocycles. The van der Waals surface area contributed by atoms with Crippen LogP contribution in [0.15, 0.2) is 36.4 Å². The summed E-state index contributed by atoms with van der Waals surface area (Å²) in [6.07, 6.45) is 0.523. The van der Waals surface area contributed by atoms with Crippen molar-refractivity contribution in [2.45, 2.75) is 67.2 Å². The van der Waals surface area contributed by atoms with E-state index in [2.05, 4.69) is 4.74 Å². The molecule has 0 spiro atoms. The number of hydrogen-bond donors (Lipinski definition) is 3. The maximum absolute atomic E-state index is 11.7. The number of nitrogen functional groups attached to an aromatic ring is 1. The van der Waals surface area contributed by atoms with Gasteiger partial charge in [-0.1, -0.05) is 31.2 Å². The highest BCUT2D eigenvalue weighted by molar-refractivity contribution is 6.63. The maximum atomic E-state index is 11.7. The first-order chi connectivity index (χ1) is 17.4. The zero-order valence-electron chi connectivity index (χ0n) is 21.7. The first-order valence-electron chi connectivity index (χ1n) is 11.7. The van der Waals surface area contributed by atoms with Crippen LogP contribution in [0.3, 0.4) is 0 Å². The number of hydrogen-bond acceptors (Lipinski definition) is 9. The third-order valence-electron chi connectivity index (χ3n) is 4.55. The van der Waals surface area contributed by atoms with E-state index in [1.807, 2.05) is 19.9 Å². The number of halogens is 1. The molecule has 0 amide bonds. The Morgan fingerprint density at radius 3 is 1.71 bits per heavy atom. The first kappa shape index (κ1) is 36.6. The summed E-state index contributed by atoms with van der Waals surface area (Å²) in [7, 11) is 0. The molecule has 38 heavy (non-hydrogen) atoms. The van der Waals surface area contributed by atoms with Gasteiger partial charge in [-0.2, -0.15) is 0 Å². The molecule has 0 heterocycles. The van der Waals surface area contributed by atoms with Crippen LogP contribution in [0.25, 0.3) is 0 Å². The summed E-state index contributed by atoms with van der Waals surface area (Å²) in [5.74, 6) is -0.551. The van der Waals surface area contributed by atoms with Crippen LogP contribution < -0.4 is 5.73 Å². The predicted octanol–water partition coefficient (Wildman–Crippen LogP) is 5.17. The first-order valence-corrected chi connectivity index (χ1v) is 12.1. The molecule has 212 valence electrons. The summed E-state index contributed by atoms with van der Waals surface area (Å²) in [4.78, 5) is 43.4. The van der Waals surface area contributed by atoms with E-state index >= 15 is 0 Å². The topological polar surface area (TPSA) is 153 Å². The number of carbonyl (C=O) groups excluding carboxylic acids is 4. The summed E-state index contributed by atoms with van der Waals surface area (Å²) in [5.41, 5.74) is 8.46. The second-order valence-corrected chi connectivity index (χ2v) is 8.30. The van der Waals surface area contributed by atoms with Crippen molar-refractivity contribution in [2.24, 2.45) is 0 Å². The minimum absolute atomic E-state index is 0. The minimum Gasteiger partial charge on any atom is -0.508 e. The van der Waals surface area contributed by atoms with Crippen LogP contribution >= 0.6 is 11.6 Å². The SMILES string of the molecule is C.CCOC(=O)CCC(=O)Cc1cc(C)ccc1O.CCOC(=O)CCC(=O)Cl.Cc1ccc(O)c(N)c1. The smallest absolute Gasteiger partial charge is 0.306 e. The summed E-state index contributed by atoms with van der Waals surface area (Å²) in [6.45, 7) is 7.92. The third-order valence-corrected chi connectivity index (χ3v) is 4.74. The quantitative estimate of drug-likeness (QED) is 0.156. The van der Waals surface area contributed by atoms with Crippen molar-refractivity contribution in [3.05, 3.63) is 53.1 Å². The standard InChI is InChI=1S/C14H18O4.C7H9NO.C6H9ClO3.CH4/c1-3-18-14(17)7-5-12(15)9-11-8-10(2)4-6-13(11)16;1-5-2-3-7(9)6(8)4-5;1-2-10-6(9)4-3-5(7)8;/h4,6,8,16H,3,5,7,9H2,1-2H3;2-4,9H,8H2,1H3;2-4H2,1H3;1H4. The van der Waals surface area contributed by atoms with Crippen molar-refractivity contribution in [2.75, 3.05) is 18.9 Å². The van der Waals surface area contributed by atoms with Gasteiger partial charge in [-0.15, -0.1) is 0 Å². The molecule has 0 aliphatic carbocycles. The predicted molar refractivity (Wildman–Crippen MR) is 148 cm³/mol. The fourth-order valence-electron chi connectivity index (χ4n) is 2.74. The Labute approximate surface area is 229 Å². The number of esters is 2. The lowest BCUT2D eigenvalue weighted by atomic mass is 10.0. The zero-order valence-corrected chi connectivity index (χ0v) is 22.5. The molecular formula is C28H40ClNO8. The number of anilines is 1. The van der Waals surface area contributed by atoms with Gasteiger partial charge in [0.15, 0.2) is 0 Å². The molecule has 0 fully saturated rings. The van der Waals surface area contributed by atoms with Gasteiger partial charge in [-0.05, 0) is 63.1 Å². The lowest BCUT2D eigenvalue weighted by molar-refractivity contribution is -0.144. The minimum atomic E-state index is -0.506. The van der Waals surface area contributed by atoms with E-state index in [1.165, 1.54) is 0 Å². The zero-order chi connectivity index (χ0) is 28.4. The second-order valence-electron chi connectivity index (χ2n) is 7.88. The fraction of sp³-hybridized carbons (Fsp3) is 0.429. The number of ketones is 1. The van der Waals surface area contributed by atoms with Crippen molar-refractivity contribution >= 4 is 40.3 Å². The number of phenolic OH excluding ortho intramolecular Hbond substituents is 2. The molecule has 0 radical (unpaired) electrons. The number of ether oxygens (including phenoxy) is 2. The maximum Gasteiger partial charge on any atom is 0.306 e. The molecule has 0 unspecified atom stereocenters. The molecule has 9 nitrogen and oxygen atoms in total. The second kappa shape index (κ2) is 20.5. The van der Waals surface area contributed by atoms with E-state index in [1.54, 1.807) is 44.2 Å². The van der Waals surface area contributed by atoms with Gasteiger partial charge >= 0.3 is 11.9 Å². The highest BCUT2D eigenvalue weighted by Crippen LogP contribution is 2.20. The highest BCUT2D eigenvalue weighted by Gasteiger charge is 2.11.